The van der Waals surface area contributed by atoms with Crippen LogP contribution in [0.15, 0.2) is 12.2 Å². The first-order valence-electron chi connectivity index (χ1n) is 47.3. The first-order valence-corrected chi connectivity index (χ1v) is 47.3. The zero-order chi connectivity index (χ0) is 93.5. The zero-order valence-corrected chi connectivity index (χ0v) is 75.4. The minimum absolute atomic E-state index is 0.153. The van der Waals surface area contributed by atoms with Crippen molar-refractivity contribution in [3.8, 4) is 0 Å². The van der Waals surface area contributed by atoms with E-state index in [4.69, 9.17) is 66.3 Å². The summed E-state index contributed by atoms with van der Waals surface area (Å²) in [5, 5.41) is 233. The van der Waals surface area contributed by atoms with Crippen molar-refractivity contribution in [2.45, 2.75) is 480 Å². The number of allylic oxidation sites excluding steroid dienone is 1. The van der Waals surface area contributed by atoms with Gasteiger partial charge in [-0.25, -0.2) is 0 Å². The Morgan fingerprint density at radius 1 is 0.320 bits per heavy atom. The van der Waals surface area contributed by atoms with Crippen molar-refractivity contribution < 1.29 is 183 Å². The van der Waals surface area contributed by atoms with Gasteiger partial charge in [0.25, 0.3) is 0 Å². The topological polar surface area (TPSA) is 621 Å². The normalized spacial score (nSPS) is 37.7. The lowest BCUT2D eigenvalue weighted by Gasteiger charge is -2.52. The Hall–Kier alpha value is -3.21. The van der Waals surface area contributed by atoms with Gasteiger partial charge in [0.1, 0.15) is 165 Å². The molecule has 0 saturated carbocycles. The van der Waals surface area contributed by atoms with E-state index in [1.807, 2.05) is 6.08 Å². The number of carbonyl (C=O) groups is 3. The molecule has 7 aliphatic rings. The summed E-state index contributed by atoms with van der Waals surface area (Å²) in [5.74, 6) is -2.19. The van der Waals surface area contributed by atoms with Crippen molar-refractivity contribution in [2.75, 3.05) is 46.2 Å². The molecule has 0 aromatic carbocycles. The van der Waals surface area contributed by atoms with E-state index in [0.717, 1.165) is 65.2 Å². The van der Waals surface area contributed by atoms with Gasteiger partial charge in [-0.3, -0.25) is 14.4 Å². The average Bonchev–Trinajstić information content (AvgIpc) is 0.766. The predicted octanol–water partition coefficient (Wildman–Crippen LogP) is -1.23. The Kier molecular flexibility index (Phi) is 52.2. The van der Waals surface area contributed by atoms with Crippen LogP contribution in [-0.4, -0.2) is 393 Å². The van der Waals surface area contributed by atoms with E-state index in [1.165, 1.54) is 155 Å². The van der Waals surface area contributed by atoms with Crippen molar-refractivity contribution in [3.63, 3.8) is 0 Å². The Labute approximate surface area is 751 Å². The molecule has 0 aliphatic carbocycles. The molecule has 0 aromatic rings. The number of hydrogen-bond acceptors (Lipinski definition) is 37. The second-order valence-corrected chi connectivity index (χ2v) is 35.6. The summed E-state index contributed by atoms with van der Waals surface area (Å²) in [6.07, 6.45) is -24.4. The van der Waals surface area contributed by atoms with Crippen LogP contribution in [-0.2, 0) is 80.7 Å². The predicted molar refractivity (Wildman–Crippen MR) is 453 cm³/mol. The molecule has 14 unspecified atom stereocenters. The monoisotopic (exact) mass is 1850 g/mol. The average molecular weight is 1850 g/mol. The second kappa shape index (κ2) is 59.7. The molecule has 7 rings (SSSR count). The maximum absolute atomic E-state index is 13.7. The van der Waals surface area contributed by atoms with E-state index in [2.05, 4.69) is 29.8 Å². The van der Waals surface area contributed by atoms with Gasteiger partial charge in [-0.15, -0.1) is 0 Å². The number of carbonyl (C=O) groups excluding carboxylic acids is 3. The third-order valence-electron chi connectivity index (χ3n) is 25.3. The Morgan fingerprint density at radius 2 is 0.633 bits per heavy atom. The van der Waals surface area contributed by atoms with Crippen LogP contribution in [0.3, 0.4) is 0 Å². The molecule has 0 bridgehead atoms. The molecular weight excluding hydrogens is 1690 g/mol. The lowest BCUT2D eigenvalue weighted by molar-refractivity contribution is -0.397. The molecule has 3 amide bonds. The van der Waals surface area contributed by atoms with Gasteiger partial charge in [0.15, 0.2) is 44.0 Å². The van der Waals surface area contributed by atoms with E-state index >= 15 is 0 Å². The molecule has 0 spiro atoms. The summed E-state index contributed by atoms with van der Waals surface area (Å²) < 4.78 is 84.7. The van der Waals surface area contributed by atoms with Crippen LogP contribution >= 0.6 is 0 Å². The van der Waals surface area contributed by atoms with Crippen LogP contribution in [0.4, 0.5) is 0 Å². The molecule has 37 atom stereocenters. The van der Waals surface area contributed by atoms with Crippen molar-refractivity contribution in [3.05, 3.63) is 12.2 Å². The van der Waals surface area contributed by atoms with Crippen LogP contribution in [0, 0.1) is 0 Å². The van der Waals surface area contributed by atoms with Crippen molar-refractivity contribution >= 4 is 17.7 Å². The maximum atomic E-state index is 13.7. The minimum Gasteiger partial charge on any atom is -0.394 e. The highest BCUT2D eigenvalue weighted by Crippen LogP contribution is 2.40. The lowest BCUT2D eigenvalue weighted by Crippen LogP contribution is -2.72. The van der Waals surface area contributed by atoms with Gasteiger partial charge in [0, 0.05) is 20.3 Å². The first-order chi connectivity index (χ1) is 61.5. The van der Waals surface area contributed by atoms with Gasteiger partial charge in [-0.05, 0) is 26.2 Å². The van der Waals surface area contributed by atoms with Gasteiger partial charge < -0.3 is 184 Å². The second-order valence-electron chi connectivity index (χ2n) is 35.6. The van der Waals surface area contributed by atoms with Gasteiger partial charge >= 0.3 is 0 Å². The highest BCUT2D eigenvalue weighted by atomic mass is 16.8. The quantitative estimate of drug-likeness (QED) is 0.0250. The fourth-order valence-corrected chi connectivity index (χ4v) is 17.6. The fraction of sp³-hybridized carbons (Fsp3) is 0.943. The van der Waals surface area contributed by atoms with Crippen molar-refractivity contribution in [1.29, 1.82) is 0 Å². The van der Waals surface area contributed by atoms with Crippen molar-refractivity contribution in [2.24, 2.45) is 0 Å². The van der Waals surface area contributed by atoms with Gasteiger partial charge in [-0.2, -0.15) is 0 Å². The molecule has 0 aromatic heterocycles. The molecule has 7 saturated heterocycles. The fourth-order valence-electron chi connectivity index (χ4n) is 17.6. The van der Waals surface area contributed by atoms with Crippen LogP contribution < -0.4 is 16.0 Å². The summed E-state index contributed by atoms with van der Waals surface area (Å²) in [6.45, 7) is 0.904. The third-order valence-corrected chi connectivity index (χ3v) is 25.3. The number of rotatable bonds is 60. The number of ether oxygens (including phenoxy) is 14. The molecule has 7 heterocycles. The van der Waals surface area contributed by atoms with Gasteiger partial charge in [0.05, 0.1) is 64.5 Å². The standard InChI is InChI=1S/C88H159N3O37/c1-6-8-10-12-14-16-18-20-21-22-23-24-25-26-27-29-31-33-35-37-39-41-60(101)91-52(53(100)40-38-36-34-32-30-28-19-17-15-13-11-9-7-2)48-115-84-73(112)70(109)76(58(46-96)122-84)123-87-74(113)80(66(105)56(44-94)119-87)128-83-62(90-51(5)99)79(126-85-71(110)68(107)63(102)49(3)116-85)77(59(47-97)121-83)124-88-75(114)81(67(106)57(45-95)120-88)127-82-61(89-50(4)98)78(65(104)55(43-93)117-82)125-86-72(111)69(108)64(103)54(42-92)118-86/h38,40,49,52-59,61-88,92-97,100,102-114H,6-37,39,41-48H2,1-5H3,(H,89,98)(H,90,99)(H,91,101)/b40-38+/t49?,52-,53+,54?,55?,56?,57?,58?,59?,61?,62?,63+,64-,65+,66-,67-,68?,69-,70+,71-,72?,73?,74?,75?,76+,77+,78+,79+,80-,81-,82-,83-,84+,85+,86-,87-,88-/m0/s1. The number of aliphatic hydroxyl groups is 20. The highest BCUT2D eigenvalue weighted by molar-refractivity contribution is 5.76. The molecule has 748 valence electrons. The summed E-state index contributed by atoms with van der Waals surface area (Å²) >= 11 is 0. The maximum Gasteiger partial charge on any atom is 0.220 e. The van der Waals surface area contributed by atoms with Crippen LogP contribution in [0.25, 0.3) is 0 Å². The van der Waals surface area contributed by atoms with E-state index in [9.17, 15) is 117 Å². The Balaban J connectivity index is 1.04. The Morgan fingerprint density at radius 3 is 1.06 bits per heavy atom. The van der Waals surface area contributed by atoms with Crippen molar-refractivity contribution in [1.82, 2.24) is 16.0 Å². The lowest BCUT2D eigenvalue weighted by atomic mass is 9.93. The van der Waals surface area contributed by atoms with E-state index in [1.54, 1.807) is 6.08 Å². The summed E-state index contributed by atoms with van der Waals surface area (Å²) in [5.41, 5.74) is 0. The van der Waals surface area contributed by atoms with Gasteiger partial charge in [-0.1, -0.05) is 219 Å². The minimum atomic E-state index is -2.37. The smallest absolute Gasteiger partial charge is 0.220 e. The molecule has 40 heteroatoms. The molecule has 23 N–H and O–H groups in total. The molecule has 0 radical (unpaired) electrons. The van der Waals surface area contributed by atoms with Crippen LogP contribution in [0.2, 0.25) is 0 Å². The summed E-state index contributed by atoms with van der Waals surface area (Å²) in [4.78, 5) is 40.2. The number of unbranched alkanes of at least 4 members (excludes halogenated alkanes) is 31. The molecule has 7 aliphatic heterocycles. The molecule has 40 nitrogen and oxygen atoms in total. The zero-order valence-electron chi connectivity index (χ0n) is 75.4. The largest absolute Gasteiger partial charge is 0.394 e. The summed E-state index contributed by atoms with van der Waals surface area (Å²) in [6, 6.07) is -4.88. The van der Waals surface area contributed by atoms with E-state index in [-0.39, 0.29) is 12.3 Å². The van der Waals surface area contributed by atoms with Crippen LogP contribution in [0.1, 0.15) is 253 Å². The Bertz CT molecular complexity index is 3020. The molecular formula is C88H159N3O37. The number of aliphatic hydroxyl groups excluding tert-OH is 20. The molecule has 128 heavy (non-hydrogen) atoms. The number of nitrogens with one attached hydrogen (secondary N) is 3. The number of hydrogen-bond donors (Lipinski definition) is 23. The van der Waals surface area contributed by atoms with Crippen LogP contribution in [0.5, 0.6) is 0 Å². The summed E-state index contributed by atoms with van der Waals surface area (Å²) in [7, 11) is 0. The highest BCUT2D eigenvalue weighted by Gasteiger charge is 2.60. The van der Waals surface area contributed by atoms with Gasteiger partial charge in [0.2, 0.25) is 17.7 Å². The number of amides is 3. The van der Waals surface area contributed by atoms with E-state index in [0.29, 0.717) is 12.8 Å². The SMILES string of the molecule is CCCCCCCCCCCCC/C=C/[C@@H](O)[C@H](CO[C@@H]1OC(CO)[C@@H](O[C@@H]2OC(CO)[C@H](O)[C@H](O[C@@H]3OC(CO)[C@@H](O[C@@H]4OC(CO)[C@H](O)[C@H](O[C@@H]5OC(CO)[C@@H](O)[C@H](O[C@@H]6OC(CO)[C@H](O)[C@H](O)C6O)C5NC(C)=O)C4O)[C@H](O[C@H]4OC(C)[C@@H](O)C(O)[C@@H]4O)C3NC(C)=O)C2O)[C@H](O)C1O)NC(=O)CCCCCCCCCCCCCCCCCCCCCCC. The molecule has 7 fully saturated rings. The third kappa shape index (κ3) is 33.9. The first kappa shape index (κ1) is 112. The van der Waals surface area contributed by atoms with E-state index < -0.39 is 285 Å².